The van der Waals surface area contributed by atoms with Gasteiger partial charge in [0, 0.05) is 13.1 Å². The second-order valence-electron chi connectivity index (χ2n) is 5.04. The molecule has 22 heavy (non-hydrogen) atoms. The molecule has 124 valence electrons. The average molecular weight is 318 g/mol. The maximum absolute atomic E-state index is 11.9. The molecule has 1 amide bonds. The number of carbonyl (C=O) groups is 1. The van der Waals surface area contributed by atoms with Gasteiger partial charge in [0.15, 0.2) is 0 Å². The van der Waals surface area contributed by atoms with Crippen LogP contribution in [0.4, 0.5) is 13.2 Å². The first-order chi connectivity index (χ1) is 10.3. The third-order valence-electron chi connectivity index (χ3n) is 2.97. The molecule has 0 bridgehead atoms. The Balaban J connectivity index is 2.38. The Bertz CT molecular complexity index is 478. The smallest absolute Gasteiger partial charge is 0.362 e. The van der Waals surface area contributed by atoms with Crippen LogP contribution in [0.15, 0.2) is 24.3 Å². The van der Waals surface area contributed by atoms with Crippen molar-refractivity contribution in [3.63, 3.8) is 0 Å². The molecule has 0 aliphatic carbocycles. The van der Waals surface area contributed by atoms with Crippen molar-refractivity contribution in [2.45, 2.75) is 26.2 Å². The Morgan fingerprint density at radius 1 is 1.32 bits per heavy atom. The molecule has 1 aromatic carbocycles. The van der Waals surface area contributed by atoms with Gasteiger partial charge in [0.2, 0.25) is 5.91 Å². The van der Waals surface area contributed by atoms with Crippen LogP contribution in [-0.2, 0) is 22.6 Å². The van der Waals surface area contributed by atoms with Gasteiger partial charge in [-0.05, 0) is 24.7 Å². The van der Waals surface area contributed by atoms with Crippen LogP contribution < -0.4 is 5.32 Å². The Hall–Kier alpha value is -1.60. The lowest BCUT2D eigenvalue weighted by Crippen LogP contribution is -2.29. The topological polar surface area (TPSA) is 41.6 Å². The summed E-state index contributed by atoms with van der Waals surface area (Å²) in [6, 6.07) is 7.69. The second kappa shape index (κ2) is 8.75. The molecular weight excluding hydrogens is 297 g/mol. The SMILES string of the molecule is CCN(C)Cc1cccc(CNC(=O)COCC(F)(F)F)c1. The van der Waals surface area contributed by atoms with Gasteiger partial charge < -0.3 is 15.0 Å². The van der Waals surface area contributed by atoms with Gasteiger partial charge >= 0.3 is 6.18 Å². The first-order valence-corrected chi connectivity index (χ1v) is 6.97. The fourth-order valence-corrected chi connectivity index (χ4v) is 1.77. The van der Waals surface area contributed by atoms with E-state index in [-0.39, 0.29) is 6.54 Å². The third-order valence-corrected chi connectivity index (χ3v) is 2.97. The molecule has 0 aromatic heterocycles. The first-order valence-electron chi connectivity index (χ1n) is 6.97. The minimum atomic E-state index is -4.42. The van der Waals surface area contributed by atoms with Crippen molar-refractivity contribution in [3.05, 3.63) is 35.4 Å². The van der Waals surface area contributed by atoms with Crippen LogP contribution in [0.5, 0.6) is 0 Å². The van der Waals surface area contributed by atoms with Crippen LogP contribution in [0, 0.1) is 0 Å². The summed E-state index contributed by atoms with van der Waals surface area (Å²) in [7, 11) is 2.01. The second-order valence-corrected chi connectivity index (χ2v) is 5.04. The van der Waals surface area contributed by atoms with Gasteiger partial charge in [0.05, 0.1) is 0 Å². The lowest BCUT2D eigenvalue weighted by molar-refractivity contribution is -0.175. The standard InChI is InChI=1S/C15H21F3N2O2/c1-3-20(2)9-13-6-4-5-12(7-13)8-19-14(21)10-22-11-15(16,17)18/h4-7H,3,8-11H2,1-2H3,(H,19,21). The predicted octanol–water partition coefficient (Wildman–Crippen LogP) is 2.33. The number of rotatable bonds is 8. The first kappa shape index (κ1) is 18.4. The molecule has 0 fully saturated rings. The van der Waals surface area contributed by atoms with E-state index in [4.69, 9.17) is 0 Å². The molecule has 1 rings (SSSR count). The zero-order valence-corrected chi connectivity index (χ0v) is 12.7. The van der Waals surface area contributed by atoms with Crippen LogP contribution in [0.3, 0.4) is 0 Å². The average Bonchev–Trinajstić information content (AvgIpc) is 2.44. The predicted molar refractivity (Wildman–Crippen MR) is 77.2 cm³/mol. The van der Waals surface area contributed by atoms with Crippen molar-refractivity contribution >= 4 is 5.91 Å². The number of alkyl halides is 3. The Morgan fingerprint density at radius 3 is 2.64 bits per heavy atom. The van der Waals surface area contributed by atoms with E-state index in [0.29, 0.717) is 0 Å². The lowest BCUT2D eigenvalue weighted by atomic mass is 10.1. The van der Waals surface area contributed by atoms with Crippen molar-refractivity contribution < 1.29 is 22.7 Å². The molecule has 0 atom stereocenters. The van der Waals surface area contributed by atoms with E-state index in [0.717, 1.165) is 24.2 Å². The molecule has 7 heteroatoms. The molecule has 0 heterocycles. The van der Waals surface area contributed by atoms with Crippen molar-refractivity contribution in [3.8, 4) is 0 Å². The molecule has 1 aromatic rings. The Labute approximate surface area is 128 Å². The van der Waals surface area contributed by atoms with Crippen molar-refractivity contribution in [2.75, 3.05) is 26.8 Å². The summed E-state index contributed by atoms with van der Waals surface area (Å²) >= 11 is 0. The number of carbonyl (C=O) groups excluding carboxylic acids is 1. The van der Waals surface area contributed by atoms with E-state index in [1.807, 2.05) is 31.3 Å². The number of nitrogens with one attached hydrogen (secondary N) is 1. The van der Waals surface area contributed by atoms with Crippen LogP contribution in [0.2, 0.25) is 0 Å². The van der Waals surface area contributed by atoms with E-state index >= 15 is 0 Å². The molecule has 1 N–H and O–H groups in total. The number of nitrogens with zero attached hydrogens (tertiary/aromatic N) is 1. The number of benzene rings is 1. The van der Waals surface area contributed by atoms with E-state index in [9.17, 15) is 18.0 Å². The largest absolute Gasteiger partial charge is 0.411 e. The van der Waals surface area contributed by atoms with Crippen molar-refractivity contribution in [1.82, 2.24) is 10.2 Å². The monoisotopic (exact) mass is 318 g/mol. The number of amides is 1. The maximum atomic E-state index is 11.9. The van der Waals surface area contributed by atoms with Gasteiger partial charge in [-0.2, -0.15) is 13.2 Å². The summed E-state index contributed by atoms with van der Waals surface area (Å²) in [6.07, 6.45) is -4.42. The fourth-order valence-electron chi connectivity index (χ4n) is 1.77. The van der Waals surface area contributed by atoms with Gasteiger partial charge in [-0.1, -0.05) is 31.2 Å². The maximum Gasteiger partial charge on any atom is 0.411 e. The quantitative estimate of drug-likeness (QED) is 0.800. The molecule has 4 nitrogen and oxygen atoms in total. The lowest BCUT2D eigenvalue weighted by Gasteiger charge is -2.14. The summed E-state index contributed by atoms with van der Waals surface area (Å²) < 4.78 is 39.9. The summed E-state index contributed by atoms with van der Waals surface area (Å²) in [5.41, 5.74) is 2.01. The van der Waals surface area contributed by atoms with E-state index in [1.165, 1.54) is 0 Å². The molecule has 0 aliphatic heterocycles. The van der Waals surface area contributed by atoms with Gasteiger partial charge in [-0.3, -0.25) is 4.79 Å². The highest BCUT2D eigenvalue weighted by atomic mass is 19.4. The van der Waals surface area contributed by atoms with Crippen LogP contribution >= 0.6 is 0 Å². The van der Waals surface area contributed by atoms with Gasteiger partial charge in [-0.25, -0.2) is 0 Å². The van der Waals surface area contributed by atoms with Crippen LogP contribution in [0.1, 0.15) is 18.1 Å². The molecule has 0 saturated heterocycles. The van der Waals surface area contributed by atoms with Gasteiger partial charge in [0.1, 0.15) is 13.2 Å². The molecule has 0 unspecified atom stereocenters. The van der Waals surface area contributed by atoms with E-state index < -0.39 is 25.3 Å². The zero-order valence-electron chi connectivity index (χ0n) is 12.7. The zero-order chi connectivity index (χ0) is 16.6. The summed E-state index contributed by atoms with van der Waals surface area (Å²) in [4.78, 5) is 13.5. The third kappa shape index (κ3) is 7.99. The number of ether oxygens (including phenoxy) is 1. The molecule has 0 radical (unpaired) electrons. The van der Waals surface area contributed by atoms with E-state index in [1.54, 1.807) is 0 Å². The highest BCUT2D eigenvalue weighted by Crippen LogP contribution is 2.14. The highest BCUT2D eigenvalue weighted by molar-refractivity contribution is 5.77. The van der Waals surface area contributed by atoms with Gasteiger partial charge in [0.25, 0.3) is 0 Å². The normalized spacial score (nSPS) is 11.7. The fraction of sp³-hybridized carbons (Fsp3) is 0.533. The Morgan fingerprint density at radius 2 is 2.00 bits per heavy atom. The van der Waals surface area contributed by atoms with E-state index in [2.05, 4.69) is 21.9 Å². The molecule has 0 spiro atoms. The Kier molecular flexibility index (Phi) is 7.34. The number of hydrogen-bond acceptors (Lipinski definition) is 3. The summed E-state index contributed by atoms with van der Waals surface area (Å²) in [5.74, 6) is -0.569. The highest BCUT2D eigenvalue weighted by Gasteiger charge is 2.27. The minimum absolute atomic E-state index is 0.262. The molecular formula is C15H21F3N2O2. The van der Waals surface area contributed by atoms with Crippen molar-refractivity contribution in [1.29, 1.82) is 0 Å². The summed E-state index contributed by atoms with van der Waals surface area (Å²) in [6.45, 7) is 2.03. The number of halogens is 3. The van der Waals surface area contributed by atoms with Crippen molar-refractivity contribution in [2.24, 2.45) is 0 Å². The molecule has 0 saturated carbocycles. The van der Waals surface area contributed by atoms with Gasteiger partial charge in [-0.15, -0.1) is 0 Å². The number of hydrogen-bond donors (Lipinski definition) is 1. The van der Waals surface area contributed by atoms with Crippen LogP contribution in [0.25, 0.3) is 0 Å². The van der Waals surface area contributed by atoms with Crippen LogP contribution in [-0.4, -0.2) is 43.8 Å². The molecule has 0 aliphatic rings. The summed E-state index contributed by atoms with van der Waals surface area (Å²) in [5, 5.41) is 2.53. The minimum Gasteiger partial charge on any atom is -0.362 e.